The van der Waals surface area contributed by atoms with Gasteiger partial charge in [-0.25, -0.2) is 9.18 Å². The quantitative estimate of drug-likeness (QED) is 0.617. The Balaban J connectivity index is 2.90. The van der Waals surface area contributed by atoms with E-state index in [0.717, 1.165) is 3.57 Å². The van der Waals surface area contributed by atoms with E-state index in [1.165, 1.54) is 19.2 Å². The third-order valence-electron chi connectivity index (χ3n) is 2.19. The predicted molar refractivity (Wildman–Crippen MR) is 70.4 cm³/mol. The number of carbonyl (C=O) groups is 1. The lowest BCUT2D eigenvalue weighted by molar-refractivity contribution is -0.151. The van der Waals surface area contributed by atoms with Crippen molar-refractivity contribution in [3.63, 3.8) is 0 Å². The van der Waals surface area contributed by atoms with Crippen LogP contribution in [0, 0.1) is 15.3 Å². The number of benzene rings is 1. The summed E-state index contributed by atoms with van der Waals surface area (Å²) in [6.07, 6.45) is -0.797. The second-order valence-electron chi connectivity index (χ2n) is 3.88. The van der Waals surface area contributed by atoms with Crippen LogP contribution in [0.1, 0.15) is 13.8 Å². The molecule has 0 aliphatic heterocycles. The SMILES string of the molecule is COC(=O)C(Oc1ccc(I)cc1F)C(C)C. The maximum Gasteiger partial charge on any atom is 0.347 e. The molecule has 0 aromatic heterocycles. The highest BCUT2D eigenvalue weighted by molar-refractivity contribution is 14.1. The van der Waals surface area contributed by atoms with Crippen LogP contribution in [0.25, 0.3) is 0 Å². The second-order valence-corrected chi connectivity index (χ2v) is 5.13. The number of methoxy groups -OCH3 is 1. The highest BCUT2D eigenvalue weighted by atomic mass is 127. The highest BCUT2D eigenvalue weighted by Crippen LogP contribution is 2.22. The smallest absolute Gasteiger partial charge is 0.347 e. The molecule has 0 aliphatic rings. The lowest BCUT2D eigenvalue weighted by Crippen LogP contribution is -2.33. The number of rotatable bonds is 4. The van der Waals surface area contributed by atoms with Gasteiger partial charge in [-0.3, -0.25) is 0 Å². The van der Waals surface area contributed by atoms with Crippen molar-refractivity contribution in [3.05, 3.63) is 27.6 Å². The molecule has 0 bridgehead atoms. The summed E-state index contributed by atoms with van der Waals surface area (Å²) in [7, 11) is 1.28. The third kappa shape index (κ3) is 3.83. The van der Waals surface area contributed by atoms with E-state index in [1.807, 2.05) is 36.4 Å². The van der Waals surface area contributed by atoms with Gasteiger partial charge < -0.3 is 9.47 Å². The zero-order valence-electron chi connectivity index (χ0n) is 9.87. The van der Waals surface area contributed by atoms with Crippen LogP contribution in [0.15, 0.2) is 18.2 Å². The lowest BCUT2D eigenvalue weighted by Gasteiger charge is -2.20. The molecule has 1 atom stereocenters. The molecule has 0 saturated heterocycles. The number of hydrogen-bond acceptors (Lipinski definition) is 3. The molecule has 0 N–H and O–H groups in total. The molecule has 3 nitrogen and oxygen atoms in total. The van der Waals surface area contributed by atoms with E-state index in [9.17, 15) is 9.18 Å². The van der Waals surface area contributed by atoms with Gasteiger partial charge in [-0.05, 0) is 40.8 Å². The number of carbonyl (C=O) groups excluding carboxylic acids is 1. The first-order chi connectivity index (χ1) is 7.95. The first-order valence-electron chi connectivity index (χ1n) is 5.15. The average molecular weight is 352 g/mol. The van der Waals surface area contributed by atoms with Crippen molar-refractivity contribution < 1.29 is 18.7 Å². The number of halogens is 2. The summed E-state index contributed by atoms with van der Waals surface area (Å²) in [6, 6.07) is 4.58. The Morgan fingerprint density at radius 2 is 2.06 bits per heavy atom. The topological polar surface area (TPSA) is 35.5 Å². The van der Waals surface area contributed by atoms with Gasteiger partial charge in [0.25, 0.3) is 0 Å². The minimum Gasteiger partial charge on any atom is -0.475 e. The number of esters is 1. The van der Waals surface area contributed by atoms with Gasteiger partial charge >= 0.3 is 5.97 Å². The van der Waals surface area contributed by atoms with E-state index in [-0.39, 0.29) is 11.7 Å². The van der Waals surface area contributed by atoms with Crippen molar-refractivity contribution in [3.8, 4) is 5.75 Å². The molecule has 1 aromatic rings. The Bertz CT molecular complexity index is 407. The molecule has 0 saturated carbocycles. The number of ether oxygens (including phenoxy) is 2. The van der Waals surface area contributed by atoms with Crippen molar-refractivity contribution in [2.24, 2.45) is 5.92 Å². The Kier molecular flexibility index (Phi) is 5.17. The Hall–Kier alpha value is -0.850. The van der Waals surface area contributed by atoms with E-state index < -0.39 is 17.9 Å². The summed E-state index contributed by atoms with van der Waals surface area (Å²) in [5.74, 6) is -1.01. The van der Waals surface area contributed by atoms with E-state index >= 15 is 0 Å². The van der Waals surface area contributed by atoms with E-state index in [4.69, 9.17) is 4.74 Å². The summed E-state index contributed by atoms with van der Waals surface area (Å²) in [5.41, 5.74) is 0. The zero-order valence-corrected chi connectivity index (χ0v) is 12.0. The Labute approximate surface area is 113 Å². The standard InChI is InChI=1S/C12H14FIO3/c1-7(2)11(12(15)16-3)17-10-5-4-8(14)6-9(10)13/h4-7,11H,1-3H3. The van der Waals surface area contributed by atoms with Crippen molar-refractivity contribution >= 4 is 28.6 Å². The van der Waals surface area contributed by atoms with Crippen molar-refractivity contribution in [2.75, 3.05) is 7.11 Å². The van der Waals surface area contributed by atoms with Gasteiger partial charge in [0.1, 0.15) is 0 Å². The van der Waals surface area contributed by atoms with Crippen molar-refractivity contribution in [2.45, 2.75) is 20.0 Å². The van der Waals surface area contributed by atoms with Gasteiger partial charge in [0.2, 0.25) is 0 Å². The molecule has 5 heteroatoms. The molecule has 0 spiro atoms. The fraction of sp³-hybridized carbons (Fsp3) is 0.417. The van der Waals surface area contributed by atoms with E-state index in [0.29, 0.717) is 0 Å². The van der Waals surface area contributed by atoms with Crippen LogP contribution in [-0.4, -0.2) is 19.2 Å². The summed E-state index contributed by atoms with van der Waals surface area (Å²) < 4.78 is 24.3. The maximum absolute atomic E-state index is 13.6. The molecule has 1 rings (SSSR count). The summed E-state index contributed by atoms with van der Waals surface area (Å²) in [5, 5.41) is 0. The molecular formula is C12H14FIO3. The molecule has 0 radical (unpaired) electrons. The molecule has 0 amide bonds. The fourth-order valence-electron chi connectivity index (χ4n) is 1.28. The minimum atomic E-state index is -0.797. The Morgan fingerprint density at radius 1 is 1.41 bits per heavy atom. The predicted octanol–water partition coefficient (Wildman–Crippen LogP) is 3.01. The third-order valence-corrected chi connectivity index (χ3v) is 2.86. The van der Waals surface area contributed by atoms with Gasteiger partial charge in [0, 0.05) is 9.49 Å². The molecule has 0 fully saturated rings. The van der Waals surface area contributed by atoms with E-state index in [2.05, 4.69) is 4.74 Å². The largest absolute Gasteiger partial charge is 0.475 e. The van der Waals surface area contributed by atoms with Crippen LogP contribution < -0.4 is 4.74 Å². The lowest BCUT2D eigenvalue weighted by atomic mass is 10.1. The summed E-state index contributed by atoms with van der Waals surface area (Å²) in [4.78, 5) is 11.5. The van der Waals surface area contributed by atoms with Crippen molar-refractivity contribution in [1.29, 1.82) is 0 Å². The van der Waals surface area contributed by atoms with Gasteiger partial charge in [0.05, 0.1) is 7.11 Å². The van der Waals surface area contributed by atoms with Gasteiger partial charge in [-0.2, -0.15) is 0 Å². The van der Waals surface area contributed by atoms with E-state index in [1.54, 1.807) is 6.07 Å². The van der Waals surface area contributed by atoms with Crippen LogP contribution in [-0.2, 0) is 9.53 Å². The van der Waals surface area contributed by atoms with Gasteiger partial charge in [0.15, 0.2) is 17.7 Å². The molecule has 17 heavy (non-hydrogen) atoms. The zero-order chi connectivity index (χ0) is 13.0. The minimum absolute atomic E-state index is 0.0644. The van der Waals surface area contributed by atoms with Crippen LogP contribution in [0.3, 0.4) is 0 Å². The Morgan fingerprint density at radius 3 is 2.53 bits per heavy atom. The van der Waals surface area contributed by atoms with Gasteiger partial charge in [-0.15, -0.1) is 0 Å². The van der Waals surface area contributed by atoms with Crippen LogP contribution in [0.4, 0.5) is 4.39 Å². The summed E-state index contributed by atoms with van der Waals surface area (Å²) in [6.45, 7) is 3.62. The molecule has 1 unspecified atom stereocenters. The fourth-order valence-corrected chi connectivity index (χ4v) is 1.73. The first-order valence-corrected chi connectivity index (χ1v) is 6.23. The van der Waals surface area contributed by atoms with Crippen LogP contribution in [0.2, 0.25) is 0 Å². The molecule has 0 aliphatic carbocycles. The molecule has 0 heterocycles. The molecule has 1 aromatic carbocycles. The maximum atomic E-state index is 13.6. The van der Waals surface area contributed by atoms with Gasteiger partial charge in [-0.1, -0.05) is 13.8 Å². The van der Waals surface area contributed by atoms with Crippen molar-refractivity contribution in [1.82, 2.24) is 0 Å². The summed E-state index contributed by atoms with van der Waals surface area (Å²) >= 11 is 2.00. The average Bonchev–Trinajstić information content (AvgIpc) is 2.26. The highest BCUT2D eigenvalue weighted by Gasteiger charge is 2.26. The van der Waals surface area contributed by atoms with Crippen LogP contribution >= 0.6 is 22.6 Å². The normalized spacial score (nSPS) is 12.4. The molecular weight excluding hydrogens is 338 g/mol. The second kappa shape index (κ2) is 6.18. The monoisotopic (exact) mass is 352 g/mol. The van der Waals surface area contributed by atoms with Crippen LogP contribution in [0.5, 0.6) is 5.75 Å². The number of hydrogen-bond donors (Lipinski definition) is 0. The first kappa shape index (κ1) is 14.2. The molecule has 94 valence electrons.